The molecule has 0 unspecified atom stereocenters. The summed E-state index contributed by atoms with van der Waals surface area (Å²) in [5.41, 5.74) is 2.24. The van der Waals surface area contributed by atoms with Gasteiger partial charge in [0.05, 0.1) is 0 Å². The summed E-state index contributed by atoms with van der Waals surface area (Å²) < 4.78 is 0.984. The summed E-state index contributed by atoms with van der Waals surface area (Å²) in [6.45, 7) is 9.20. The average molecular weight is 294 g/mol. The van der Waals surface area contributed by atoms with E-state index in [1.165, 1.54) is 11.8 Å². The van der Waals surface area contributed by atoms with Gasteiger partial charge in [0.25, 0.3) is 0 Å². The maximum absolute atomic E-state index is 4.39. The Hall–Kier alpha value is -0.980. The van der Waals surface area contributed by atoms with Crippen LogP contribution in [0.3, 0.4) is 0 Å². The first-order chi connectivity index (χ1) is 8.92. The van der Waals surface area contributed by atoms with Crippen LogP contribution < -0.4 is 5.32 Å². The van der Waals surface area contributed by atoms with Gasteiger partial charge in [-0.3, -0.25) is 0 Å². The van der Waals surface area contributed by atoms with E-state index in [2.05, 4.69) is 41.0 Å². The molecule has 6 heteroatoms. The minimum absolute atomic E-state index is 0.103. The lowest BCUT2D eigenvalue weighted by molar-refractivity contribution is 0.423. The van der Waals surface area contributed by atoms with E-state index in [1.54, 1.807) is 11.3 Å². The van der Waals surface area contributed by atoms with E-state index in [-0.39, 0.29) is 5.54 Å². The number of nitrogens with zero attached hydrogens (tertiary/aromatic N) is 3. The summed E-state index contributed by atoms with van der Waals surface area (Å²) in [6.07, 6.45) is 3.74. The Bertz CT molecular complexity index is 528. The van der Waals surface area contributed by atoms with Crippen molar-refractivity contribution in [3.8, 4) is 0 Å². The van der Waals surface area contributed by atoms with Gasteiger partial charge in [-0.2, -0.15) is 0 Å². The van der Waals surface area contributed by atoms with Gasteiger partial charge < -0.3 is 5.32 Å². The van der Waals surface area contributed by atoms with Gasteiger partial charge >= 0.3 is 0 Å². The Morgan fingerprint density at radius 1 is 1.26 bits per heavy atom. The molecule has 2 rings (SSSR count). The van der Waals surface area contributed by atoms with E-state index in [0.29, 0.717) is 0 Å². The number of aromatic nitrogens is 3. The highest BCUT2D eigenvalue weighted by Crippen LogP contribution is 2.27. The second kappa shape index (κ2) is 5.98. The highest BCUT2D eigenvalue weighted by atomic mass is 32.2. The Balaban J connectivity index is 1.95. The van der Waals surface area contributed by atoms with E-state index in [0.717, 1.165) is 27.3 Å². The minimum Gasteiger partial charge on any atom is -0.308 e. The maximum Gasteiger partial charge on any atom is 0.194 e. The molecule has 0 radical (unpaired) electrons. The molecule has 1 N–H and O–H groups in total. The summed E-state index contributed by atoms with van der Waals surface area (Å²) in [4.78, 5) is 13.1. The molecule has 0 aliphatic heterocycles. The van der Waals surface area contributed by atoms with E-state index >= 15 is 0 Å². The van der Waals surface area contributed by atoms with Crippen LogP contribution in [-0.4, -0.2) is 20.5 Å². The van der Waals surface area contributed by atoms with Crippen LogP contribution in [0.15, 0.2) is 27.3 Å². The molecular weight excluding hydrogens is 276 g/mol. The van der Waals surface area contributed by atoms with Gasteiger partial charge in [0.2, 0.25) is 0 Å². The van der Waals surface area contributed by atoms with Crippen molar-refractivity contribution in [1.82, 2.24) is 20.3 Å². The highest BCUT2D eigenvalue weighted by molar-refractivity contribution is 8.00. The van der Waals surface area contributed by atoms with Crippen LogP contribution >= 0.6 is 23.1 Å². The van der Waals surface area contributed by atoms with Gasteiger partial charge in [0.15, 0.2) is 9.50 Å². The van der Waals surface area contributed by atoms with Crippen molar-refractivity contribution in [2.24, 2.45) is 0 Å². The third-order valence-corrected chi connectivity index (χ3v) is 4.23. The molecule has 102 valence electrons. The fourth-order valence-electron chi connectivity index (χ4n) is 1.31. The monoisotopic (exact) mass is 294 g/mol. The summed E-state index contributed by atoms with van der Waals surface area (Å²) in [6, 6.07) is 0. The van der Waals surface area contributed by atoms with Crippen molar-refractivity contribution in [2.75, 3.05) is 0 Å². The number of rotatable bonds is 4. The molecule has 0 atom stereocenters. The number of hydrogen-bond donors (Lipinski definition) is 1. The van der Waals surface area contributed by atoms with Crippen LogP contribution in [0.25, 0.3) is 0 Å². The quantitative estimate of drug-likeness (QED) is 0.877. The fourth-order valence-corrected chi connectivity index (χ4v) is 2.95. The van der Waals surface area contributed by atoms with Crippen LogP contribution in [0, 0.1) is 6.92 Å². The van der Waals surface area contributed by atoms with Gasteiger partial charge in [-0.1, -0.05) is 0 Å². The standard InChI is InChI=1S/C13H18N4S2/c1-9-8-18-12(17-9)19-11-14-5-10(6-15-11)7-16-13(2,3)4/h5-6,8,16H,7H2,1-4H3. The van der Waals surface area contributed by atoms with Crippen molar-refractivity contribution < 1.29 is 0 Å². The minimum atomic E-state index is 0.103. The van der Waals surface area contributed by atoms with Gasteiger partial charge in [-0.25, -0.2) is 15.0 Å². The Labute approximate surface area is 122 Å². The van der Waals surface area contributed by atoms with Crippen LogP contribution in [0.1, 0.15) is 32.0 Å². The molecule has 0 aliphatic carbocycles. The predicted molar refractivity (Wildman–Crippen MR) is 79.6 cm³/mol. The normalized spacial score (nSPS) is 11.8. The molecule has 0 fully saturated rings. The summed E-state index contributed by atoms with van der Waals surface area (Å²) in [5, 5.41) is 6.19. The Morgan fingerprint density at radius 2 is 1.95 bits per heavy atom. The van der Waals surface area contributed by atoms with Crippen molar-refractivity contribution in [3.05, 3.63) is 29.0 Å². The second-order valence-electron chi connectivity index (χ2n) is 5.33. The van der Waals surface area contributed by atoms with E-state index < -0.39 is 0 Å². The molecule has 2 aromatic heterocycles. The second-order valence-corrected chi connectivity index (χ2v) is 7.41. The first-order valence-electron chi connectivity index (χ1n) is 6.08. The van der Waals surface area contributed by atoms with Crippen molar-refractivity contribution in [1.29, 1.82) is 0 Å². The van der Waals surface area contributed by atoms with Gasteiger partial charge in [-0.05, 0) is 39.5 Å². The summed E-state index contributed by atoms with van der Waals surface area (Å²) >= 11 is 3.13. The van der Waals surface area contributed by atoms with E-state index in [4.69, 9.17) is 0 Å². The lowest BCUT2D eigenvalue weighted by Crippen LogP contribution is -2.35. The third kappa shape index (κ3) is 4.89. The van der Waals surface area contributed by atoms with Crippen LogP contribution in [0.2, 0.25) is 0 Å². The molecule has 0 aliphatic rings. The number of hydrogen-bond acceptors (Lipinski definition) is 6. The first kappa shape index (κ1) is 14.4. The fraction of sp³-hybridized carbons (Fsp3) is 0.462. The zero-order chi connectivity index (χ0) is 13.9. The lowest BCUT2D eigenvalue weighted by Gasteiger charge is -2.20. The molecule has 2 aromatic rings. The maximum atomic E-state index is 4.39. The van der Waals surface area contributed by atoms with E-state index in [1.807, 2.05) is 24.7 Å². The van der Waals surface area contributed by atoms with Crippen LogP contribution in [0.4, 0.5) is 0 Å². The topological polar surface area (TPSA) is 50.7 Å². The van der Waals surface area contributed by atoms with Crippen LogP contribution in [-0.2, 0) is 6.54 Å². The molecule has 0 aromatic carbocycles. The molecular formula is C13H18N4S2. The smallest absolute Gasteiger partial charge is 0.194 e. The summed E-state index contributed by atoms with van der Waals surface area (Å²) in [7, 11) is 0. The largest absolute Gasteiger partial charge is 0.308 e. The van der Waals surface area contributed by atoms with Gasteiger partial charge in [0.1, 0.15) is 0 Å². The van der Waals surface area contributed by atoms with Crippen molar-refractivity contribution in [2.45, 2.75) is 49.3 Å². The predicted octanol–water partition coefficient (Wildman–Crippen LogP) is 3.28. The number of nitrogens with one attached hydrogen (secondary N) is 1. The average Bonchev–Trinajstić information content (AvgIpc) is 2.73. The molecule has 0 saturated carbocycles. The van der Waals surface area contributed by atoms with Crippen molar-refractivity contribution >= 4 is 23.1 Å². The Kier molecular flexibility index (Phi) is 4.54. The third-order valence-electron chi connectivity index (χ3n) is 2.28. The van der Waals surface area contributed by atoms with Crippen molar-refractivity contribution in [3.63, 3.8) is 0 Å². The number of aryl methyl sites for hydroxylation is 1. The van der Waals surface area contributed by atoms with Gasteiger partial charge in [-0.15, -0.1) is 11.3 Å². The van der Waals surface area contributed by atoms with Crippen LogP contribution in [0.5, 0.6) is 0 Å². The molecule has 0 bridgehead atoms. The molecule has 0 saturated heterocycles. The zero-order valence-corrected chi connectivity index (χ0v) is 13.2. The van der Waals surface area contributed by atoms with Gasteiger partial charge in [0, 0.05) is 41.1 Å². The lowest BCUT2D eigenvalue weighted by atomic mass is 10.1. The SMILES string of the molecule is Cc1csc(Sc2ncc(CNC(C)(C)C)cn2)n1. The first-order valence-corrected chi connectivity index (χ1v) is 7.78. The molecule has 4 nitrogen and oxygen atoms in total. The Morgan fingerprint density at radius 3 is 2.47 bits per heavy atom. The molecule has 19 heavy (non-hydrogen) atoms. The molecule has 0 spiro atoms. The number of thiazole rings is 1. The molecule has 2 heterocycles. The van der Waals surface area contributed by atoms with E-state index in [9.17, 15) is 0 Å². The molecule has 0 amide bonds. The summed E-state index contributed by atoms with van der Waals surface area (Å²) in [5.74, 6) is 0. The zero-order valence-electron chi connectivity index (χ0n) is 11.6. The highest BCUT2D eigenvalue weighted by Gasteiger charge is 2.09.